The van der Waals surface area contributed by atoms with Gasteiger partial charge in [0.2, 0.25) is 0 Å². The third-order valence-corrected chi connectivity index (χ3v) is 0. The summed E-state index contributed by atoms with van der Waals surface area (Å²) in [5.74, 6) is 0. The van der Waals surface area contributed by atoms with Crippen LogP contribution in [0, 0.1) is 62.2 Å². The number of hydrogen-bond acceptors (Lipinski definition) is 0. The first-order chi connectivity index (χ1) is 0. The van der Waals surface area contributed by atoms with Crippen LogP contribution in [0.25, 0.3) is 0 Å². The molecule has 0 unspecified atom stereocenters. The Morgan fingerprint density at radius 1 is 0.500 bits per heavy atom. The van der Waals surface area contributed by atoms with Crippen molar-refractivity contribution in [2.45, 2.75) is 0 Å². The molecule has 0 rings (SSSR count). The Morgan fingerprint density at radius 3 is 0.500 bits per heavy atom. The number of rotatable bonds is 0. The van der Waals surface area contributed by atoms with Crippen molar-refractivity contribution in [1.82, 2.24) is 0 Å². The summed E-state index contributed by atoms with van der Waals surface area (Å²) in [4.78, 5) is 0. The summed E-state index contributed by atoms with van der Waals surface area (Å²) >= 11 is 0. The van der Waals surface area contributed by atoms with Gasteiger partial charge in [-0.25, -0.2) is 0 Å². The van der Waals surface area contributed by atoms with Crippen LogP contribution in [0.3, 0.4) is 0 Å². The average Bonchev–Trinajstić information content (AvgIpc) is 0. The van der Waals surface area contributed by atoms with Gasteiger partial charge in [0.1, 0.15) is 0 Å². The molecule has 0 N–H and O–H groups in total. The van der Waals surface area contributed by atoms with Crippen molar-refractivity contribution in [3.8, 4) is 0 Å². The first-order valence-electron chi connectivity index (χ1n) is 0. The predicted molar refractivity (Wildman–Crippen MR) is 11.5 cm³/mol. The fraction of sp³-hybridized carbons (Fsp3) is 0. The molecule has 4 heavy (non-hydrogen) atoms. The van der Waals surface area contributed by atoms with Gasteiger partial charge >= 0.3 is 0 Å². The van der Waals surface area contributed by atoms with Crippen LogP contribution in [0.1, 0.15) is 0 Å². The zero-order valence-electron chi connectivity index (χ0n) is 2.00. The van der Waals surface area contributed by atoms with Crippen LogP contribution in [0.5, 0.6) is 0 Å². The minimum Gasteiger partial charge on any atom is 0 e. The molecule has 0 amide bonds. The van der Waals surface area contributed by atoms with E-state index in [1.807, 2.05) is 0 Å². The van der Waals surface area contributed by atoms with Gasteiger partial charge in [0.25, 0.3) is 0 Å². The number of hydrogen-bond donors (Lipinski definition) is 0. The van der Waals surface area contributed by atoms with Gasteiger partial charge in [-0.15, -0.1) is 0 Å². The van der Waals surface area contributed by atoms with Gasteiger partial charge in [-0.3, -0.25) is 0 Å². The van der Waals surface area contributed by atoms with Gasteiger partial charge in [-0.2, -0.15) is 0 Å². The molecule has 0 atom stereocenters. The third-order valence-electron chi connectivity index (χ3n) is 0. The predicted octanol–water partition coefficient (Wildman–Crippen LogP) is -0.762. The van der Waals surface area contributed by atoms with Crippen LogP contribution in [-0.4, -0.2) is 54.6 Å². The Balaban J connectivity index is 0. The monoisotopic (exact) mass is 892 g/mol. The second-order valence-corrected chi connectivity index (χ2v) is 0. The van der Waals surface area contributed by atoms with Crippen LogP contribution in [0.15, 0.2) is 0 Å². The maximum atomic E-state index is 0. The van der Waals surface area contributed by atoms with Gasteiger partial charge < -0.3 is 0 Å². The molecular formula is Pb2U2. The van der Waals surface area contributed by atoms with Crippen molar-refractivity contribution in [2.24, 2.45) is 0 Å². The van der Waals surface area contributed by atoms with E-state index in [2.05, 4.69) is 0 Å². The second-order valence-electron chi connectivity index (χ2n) is 0. The largest absolute Gasteiger partial charge is 0 e. The van der Waals surface area contributed by atoms with Crippen molar-refractivity contribution < 1.29 is 62.2 Å². The molecule has 0 aromatic carbocycles. The van der Waals surface area contributed by atoms with E-state index < -0.39 is 0 Å². The maximum absolute atomic E-state index is 0. The van der Waals surface area contributed by atoms with E-state index in [0.717, 1.165) is 0 Å². The summed E-state index contributed by atoms with van der Waals surface area (Å²) in [6.45, 7) is 0. The quantitative estimate of drug-likeness (QED) is 0.281. The summed E-state index contributed by atoms with van der Waals surface area (Å²) in [5.41, 5.74) is 0. The molecular weight excluding hydrogens is 890 g/mol. The molecule has 0 aliphatic heterocycles. The van der Waals surface area contributed by atoms with Crippen LogP contribution < -0.4 is 0 Å². The van der Waals surface area contributed by atoms with E-state index in [9.17, 15) is 0 Å². The van der Waals surface area contributed by atoms with Crippen LogP contribution >= 0.6 is 0 Å². The molecule has 0 fully saturated rings. The Labute approximate surface area is 114 Å². The van der Waals surface area contributed by atoms with Crippen molar-refractivity contribution in [2.75, 3.05) is 0 Å². The van der Waals surface area contributed by atoms with Crippen molar-refractivity contribution >= 4 is 54.6 Å². The molecule has 4 heteroatoms. The Bertz CT molecular complexity index is 4.00. The molecule has 0 heterocycles. The molecule has 0 bridgehead atoms. The standard InChI is InChI=1S/2Pb.2U. The smallest absolute Gasteiger partial charge is 0 e. The van der Waals surface area contributed by atoms with Crippen LogP contribution in [0.4, 0.5) is 0 Å². The molecule has 0 aliphatic carbocycles. The van der Waals surface area contributed by atoms with Gasteiger partial charge in [0.05, 0.1) is 0 Å². The molecule has 0 saturated carbocycles. The molecule has 0 aromatic rings. The summed E-state index contributed by atoms with van der Waals surface area (Å²) in [6.07, 6.45) is 0. The molecule has 0 nitrogen and oxygen atoms in total. The zero-order chi connectivity index (χ0) is 0. The van der Waals surface area contributed by atoms with Crippen LogP contribution in [-0.2, 0) is 0 Å². The molecule has 0 aliphatic rings. The van der Waals surface area contributed by atoms with Gasteiger partial charge in [-0.05, 0) is 0 Å². The van der Waals surface area contributed by atoms with Gasteiger partial charge in [0.15, 0.2) is 0 Å². The van der Waals surface area contributed by atoms with Crippen LogP contribution in [0.2, 0.25) is 0 Å². The fourth-order valence-corrected chi connectivity index (χ4v) is 0. The summed E-state index contributed by atoms with van der Waals surface area (Å²) < 4.78 is 0. The SMILES string of the molecule is [Pb].[Pb].[U].[U]. The fourth-order valence-electron chi connectivity index (χ4n) is 0. The Hall–Kier alpha value is 3.95. The minimum absolute atomic E-state index is 0. The zero-order valence-corrected chi connectivity index (χ0v) is 18.1. The van der Waals surface area contributed by atoms with E-state index in [-0.39, 0.29) is 117 Å². The summed E-state index contributed by atoms with van der Waals surface area (Å²) in [6, 6.07) is 0. The summed E-state index contributed by atoms with van der Waals surface area (Å²) in [5, 5.41) is 0. The average molecular weight is 890 g/mol. The van der Waals surface area contributed by atoms with E-state index in [0.29, 0.717) is 0 Å². The normalized spacial score (nSPS) is 0. The van der Waals surface area contributed by atoms with E-state index in [4.69, 9.17) is 0 Å². The summed E-state index contributed by atoms with van der Waals surface area (Å²) in [7, 11) is 0. The second kappa shape index (κ2) is 15.8. The van der Waals surface area contributed by atoms with E-state index in [1.165, 1.54) is 0 Å². The maximum Gasteiger partial charge on any atom is 0 e. The Kier molecular flexibility index (Phi) is 97.1. The topological polar surface area (TPSA) is 0 Å². The molecule has 16 valence electrons. The molecule has 8 radical (unpaired) electrons. The molecule has 0 saturated heterocycles. The molecule has 0 aromatic heterocycles. The van der Waals surface area contributed by atoms with Gasteiger partial charge in [0, 0.05) is 117 Å². The first kappa shape index (κ1) is 24.6. The molecule has 0 spiro atoms. The van der Waals surface area contributed by atoms with E-state index in [1.54, 1.807) is 0 Å². The minimum atomic E-state index is 0. The van der Waals surface area contributed by atoms with Crippen molar-refractivity contribution in [3.63, 3.8) is 0 Å². The van der Waals surface area contributed by atoms with Crippen molar-refractivity contribution in [3.05, 3.63) is 0 Å². The van der Waals surface area contributed by atoms with Gasteiger partial charge in [-0.1, -0.05) is 0 Å². The Morgan fingerprint density at radius 2 is 0.500 bits per heavy atom. The van der Waals surface area contributed by atoms with E-state index >= 15 is 0 Å². The third kappa shape index (κ3) is 9.34. The van der Waals surface area contributed by atoms with Crippen molar-refractivity contribution in [1.29, 1.82) is 0 Å². The first-order valence-corrected chi connectivity index (χ1v) is 0.